The lowest BCUT2D eigenvalue weighted by Crippen LogP contribution is -2.18. The molecule has 0 aliphatic rings. The predicted octanol–water partition coefficient (Wildman–Crippen LogP) is 4.01. The summed E-state index contributed by atoms with van der Waals surface area (Å²) in [6, 6.07) is 8.52. The van der Waals surface area contributed by atoms with E-state index in [4.69, 9.17) is 18.9 Å². The second-order valence-electron chi connectivity index (χ2n) is 6.76. The number of hydrogen-bond acceptors (Lipinski definition) is 8. The lowest BCUT2D eigenvalue weighted by Gasteiger charge is -2.12. The third-order valence-electron chi connectivity index (χ3n) is 4.82. The van der Waals surface area contributed by atoms with E-state index in [0.717, 1.165) is 16.0 Å². The number of fused-ring (bicyclic) bond motifs is 1. The van der Waals surface area contributed by atoms with Gasteiger partial charge in [-0.2, -0.15) is 16.8 Å². The molecule has 0 atom stereocenters. The van der Waals surface area contributed by atoms with E-state index < -0.39 is 5.91 Å². The quantitative estimate of drug-likeness (QED) is 0.419. The number of rotatable bonds is 9. The highest BCUT2D eigenvalue weighted by Crippen LogP contribution is 2.38. The van der Waals surface area contributed by atoms with Crippen molar-refractivity contribution in [3.8, 4) is 17.2 Å². The summed E-state index contributed by atoms with van der Waals surface area (Å²) in [7, 11) is 4.49. The minimum absolute atomic E-state index is 0.304. The molecule has 0 saturated carbocycles. The SMILES string of the molecule is CCOC(=O)c1ccc2c(c1)sc(=NC(=O)c1cc(OC)c(OC)c(OC)c1)n2CCSC. The van der Waals surface area contributed by atoms with Crippen LogP contribution < -0.4 is 19.0 Å². The molecule has 0 radical (unpaired) electrons. The summed E-state index contributed by atoms with van der Waals surface area (Å²) in [5.74, 6) is 1.18. The van der Waals surface area contributed by atoms with Gasteiger partial charge in [0.2, 0.25) is 5.75 Å². The minimum atomic E-state index is -0.440. The molecule has 0 fully saturated rings. The van der Waals surface area contributed by atoms with Crippen molar-refractivity contribution in [2.24, 2.45) is 4.99 Å². The monoisotopic (exact) mass is 490 g/mol. The van der Waals surface area contributed by atoms with Crippen LogP contribution in [-0.4, -0.2) is 56.4 Å². The van der Waals surface area contributed by atoms with E-state index >= 15 is 0 Å². The minimum Gasteiger partial charge on any atom is -0.493 e. The summed E-state index contributed by atoms with van der Waals surface area (Å²) in [6.45, 7) is 2.74. The van der Waals surface area contributed by atoms with Crippen LogP contribution in [0.5, 0.6) is 17.2 Å². The molecule has 33 heavy (non-hydrogen) atoms. The van der Waals surface area contributed by atoms with Gasteiger partial charge in [-0.05, 0) is 43.5 Å². The van der Waals surface area contributed by atoms with Crippen LogP contribution in [0.2, 0.25) is 0 Å². The highest BCUT2D eigenvalue weighted by Gasteiger charge is 2.18. The van der Waals surface area contributed by atoms with E-state index in [0.29, 0.717) is 46.3 Å². The average molecular weight is 491 g/mol. The molecule has 1 aromatic heterocycles. The Balaban J connectivity index is 2.11. The van der Waals surface area contributed by atoms with Crippen molar-refractivity contribution in [2.75, 3.05) is 39.9 Å². The first kappa shape index (κ1) is 24.7. The van der Waals surface area contributed by atoms with Crippen molar-refractivity contribution in [3.63, 3.8) is 0 Å². The van der Waals surface area contributed by atoms with Crippen molar-refractivity contribution in [1.82, 2.24) is 4.57 Å². The fourth-order valence-electron chi connectivity index (χ4n) is 3.25. The largest absolute Gasteiger partial charge is 0.493 e. The zero-order valence-corrected chi connectivity index (χ0v) is 20.8. The number of methoxy groups -OCH3 is 3. The Labute approximate surface area is 200 Å². The number of aryl methyl sites for hydroxylation is 1. The maximum Gasteiger partial charge on any atom is 0.338 e. The molecule has 0 aliphatic carbocycles. The van der Waals surface area contributed by atoms with Gasteiger partial charge < -0.3 is 23.5 Å². The molecule has 176 valence electrons. The molecule has 0 aliphatic heterocycles. The molecule has 1 amide bonds. The van der Waals surface area contributed by atoms with Gasteiger partial charge in [-0.15, -0.1) is 0 Å². The van der Waals surface area contributed by atoms with Crippen molar-refractivity contribution in [3.05, 3.63) is 46.3 Å². The molecule has 0 unspecified atom stereocenters. The van der Waals surface area contributed by atoms with Crippen molar-refractivity contribution in [2.45, 2.75) is 13.5 Å². The van der Waals surface area contributed by atoms with Gasteiger partial charge in [0, 0.05) is 17.9 Å². The standard InChI is InChI=1S/C23H26N2O6S2/c1-6-31-22(27)14-7-8-16-19(13-14)33-23(25(16)9-10-32-5)24-21(26)15-11-17(28-2)20(30-4)18(12-15)29-3/h7-8,11-13H,6,9-10H2,1-5H3. The van der Waals surface area contributed by atoms with Gasteiger partial charge in [-0.25, -0.2) is 4.79 Å². The lowest BCUT2D eigenvalue weighted by atomic mass is 10.1. The molecule has 1 heterocycles. The number of amides is 1. The van der Waals surface area contributed by atoms with Crippen LogP contribution >= 0.6 is 23.1 Å². The molecule has 0 N–H and O–H groups in total. The Kier molecular flexibility index (Phi) is 8.40. The number of carbonyl (C=O) groups excluding carboxylic acids is 2. The summed E-state index contributed by atoms with van der Waals surface area (Å²) in [5.41, 5.74) is 1.68. The zero-order valence-electron chi connectivity index (χ0n) is 19.2. The molecular weight excluding hydrogens is 464 g/mol. The number of carbonyl (C=O) groups is 2. The highest BCUT2D eigenvalue weighted by atomic mass is 32.2. The highest BCUT2D eigenvalue weighted by molar-refractivity contribution is 7.98. The van der Waals surface area contributed by atoms with E-state index in [9.17, 15) is 9.59 Å². The van der Waals surface area contributed by atoms with Crippen LogP contribution in [0.3, 0.4) is 0 Å². The third-order valence-corrected chi connectivity index (χ3v) is 6.45. The molecule has 0 saturated heterocycles. The molecule has 0 bridgehead atoms. The fraction of sp³-hybridized carbons (Fsp3) is 0.348. The van der Waals surface area contributed by atoms with Crippen LogP contribution in [0.15, 0.2) is 35.3 Å². The molecule has 0 spiro atoms. The molecular formula is C23H26N2O6S2. The first-order valence-electron chi connectivity index (χ1n) is 10.2. The maximum absolute atomic E-state index is 13.1. The molecule has 10 heteroatoms. The lowest BCUT2D eigenvalue weighted by molar-refractivity contribution is 0.0526. The Morgan fingerprint density at radius 3 is 2.30 bits per heavy atom. The first-order chi connectivity index (χ1) is 16.0. The number of aromatic nitrogens is 1. The second kappa shape index (κ2) is 11.2. The number of thioether (sulfide) groups is 1. The number of hydrogen-bond donors (Lipinski definition) is 0. The van der Waals surface area contributed by atoms with E-state index in [2.05, 4.69) is 4.99 Å². The molecule has 2 aromatic carbocycles. The van der Waals surface area contributed by atoms with E-state index in [1.54, 1.807) is 43.0 Å². The topological polar surface area (TPSA) is 88.3 Å². The zero-order chi connectivity index (χ0) is 24.0. The third kappa shape index (κ3) is 5.33. The number of ether oxygens (including phenoxy) is 4. The van der Waals surface area contributed by atoms with Crippen LogP contribution in [-0.2, 0) is 11.3 Å². The van der Waals surface area contributed by atoms with Gasteiger partial charge >= 0.3 is 5.97 Å². The summed E-state index contributed by atoms with van der Waals surface area (Å²) in [4.78, 5) is 30.2. The maximum atomic E-state index is 13.1. The fourth-order valence-corrected chi connectivity index (χ4v) is 4.71. The van der Waals surface area contributed by atoms with Crippen molar-refractivity contribution < 1.29 is 28.5 Å². The van der Waals surface area contributed by atoms with Crippen LogP contribution in [0.1, 0.15) is 27.6 Å². The van der Waals surface area contributed by atoms with Gasteiger partial charge in [-0.1, -0.05) is 11.3 Å². The van der Waals surface area contributed by atoms with E-state index in [1.165, 1.54) is 32.7 Å². The number of nitrogens with zero attached hydrogens (tertiary/aromatic N) is 2. The Hall–Kier alpha value is -2.98. The summed E-state index contributed by atoms with van der Waals surface area (Å²) < 4.78 is 24.0. The molecule has 3 rings (SSSR count). The molecule has 3 aromatic rings. The van der Waals surface area contributed by atoms with Crippen molar-refractivity contribution >= 4 is 45.2 Å². The second-order valence-corrected chi connectivity index (χ2v) is 8.76. The van der Waals surface area contributed by atoms with Crippen LogP contribution in [0.25, 0.3) is 10.2 Å². The smallest absolute Gasteiger partial charge is 0.338 e. The normalized spacial score (nSPS) is 11.5. The Morgan fingerprint density at radius 2 is 1.73 bits per heavy atom. The number of benzene rings is 2. The van der Waals surface area contributed by atoms with Gasteiger partial charge in [0.25, 0.3) is 5.91 Å². The summed E-state index contributed by atoms with van der Waals surface area (Å²) in [6.07, 6.45) is 2.02. The van der Waals surface area contributed by atoms with Gasteiger partial charge in [0.1, 0.15) is 0 Å². The van der Waals surface area contributed by atoms with Crippen LogP contribution in [0.4, 0.5) is 0 Å². The average Bonchev–Trinajstić information content (AvgIpc) is 3.17. The predicted molar refractivity (Wildman–Crippen MR) is 130 cm³/mol. The van der Waals surface area contributed by atoms with E-state index in [1.807, 2.05) is 16.9 Å². The number of esters is 1. The Bertz CT molecular complexity index is 1210. The van der Waals surface area contributed by atoms with E-state index in [-0.39, 0.29) is 5.97 Å². The Morgan fingerprint density at radius 1 is 1.03 bits per heavy atom. The summed E-state index contributed by atoms with van der Waals surface area (Å²) in [5, 5.41) is 0. The van der Waals surface area contributed by atoms with Crippen LogP contribution in [0, 0.1) is 0 Å². The van der Waals surface area contributed by atoms with Gasteiger partial charge in [0.05, 0.1) is 43.7 Å². The number of thiazole rings is 1. The van der Waals surface area contributed by atoms with Gasteiger partial charge in [-0.3, -0.25) is 4.79 Å². The summed E-state index contributed by atoms with van der Waals surface area (Å²) >= 11 is 3.04. The van der Waals surface area contributed by atoms with Crippen molar-refractivity contribution in [1.29, 1.82) is 0 Å². The van der Waals surface area contributed by atoms with Gasteiger partial charge in [0.15, 0.2) is 16.3 Å². The molecule has 8 nitrogen and oxygen atoms in total. The first-order valence-corrected chi connectivity index (χ1v) is 12.4.